The van der Waals surface area contributed by atoms with Crippen molar-refractivity contribution in [1.29, 1.82) is 0 Å². The molecule has 0 spiro atoms. The van der Waals surface area contributed by atoms with Crippen LogP contribution in [0.5, 0.6) is 0 Å². The monoisotopic (exact) mass is 304 g/mol. The largest absolute Gasteiger partial charge is 0.333 e. The second-order valence-corrected chi connectivity index (χ2v) is 5.74. The van der Waals surface area contributed by atoms with E-state index in [9.17, 15) is 0 Å². The number of nitrogens with zero attached hydrogens (tertiary/aromatic N) is 3. The van der Waals surface area contributed by atoms with Crippen molar-refractivity contribution in [2.45, 2.75) is 10.2 Å². The highest BCUT2D eigenvalue weighted by atomic mass is 32.2. The molecule has 0 saturated heterocycles. The van der Waals surface area contributed by atoms with Gasteiger partial charge in [0.2, 0.25) is 0 Å². The van der Waals surface area contributed by atoms with E-state index in [1.165, 1.54) is 11.8 Å². The number of H-pyrrole nitrogens is 1. The molecule has 2 heterocycles. The number of hydrogen-bond donors (Lipinski definition) is 1. The summed E-state index contributed by atoms with van der Waals surface area (Å²) in [4.78, 5) is 16.4. The van der Waals surface area contributed by atoms with E-state index in [2.05, 4.69) is 32.1 Å². The first-order valence-corrected chi connectivity index (χ1v) is 7.70. The van der Waals surface area contributed by atoms with Crippen LogP contribution in [0.25, 0.3) is 22.2 Å². The van der Waals surface area contributed by atoms with Gasteiger partial charge in [0.1, 0.15) is 11.4 Å². The highest BCUT2D eigenvalue weighted by Gasteiger charge is 2.08. The average Bonchev–Trinajstić information content (AvgIpc) is 3.05. The molecule has 0 fully saturated rings. The van der Waals surface area contributed by atoms with Crippen molar-refractivity contribution in [3.8, 4) is 11.3 Å². The molecule has 106 valence electrons. The van der Waals surface area contributed by atoms with Crippen molar-refractivity contribution >= 4 is 22.7 Å². The first-order chi connectivity index (χ1) is 10.9. The summed E-state index contributed by atoms with van der Waals surface area (Å²) in [5.41, 5.74) is 3.06. The molecule has 4 nitrogen and oxygen atoms in total. The highest BCUT2D eigenvalue weighted by Crippen LogP contribution is 2.30. The number of aromatic nitrogens is 4. The SMILES string of the molecule is c1ccc(-c2cnc(Sc3ncnc4ccccc34)[nH]2)cc1. The maximum atomic E-state index is 4.44. The molecule has 0 atom stereocenters. The van der Waals surface area contributed by atoms with Crippen LogP contribution in [0.2, 0.25) is 0 Å². The number of nitrogens with one attached hydrogen (secondary N) is 1. The number of fused-ring (bicyclic) bond motifs is 1. The van der Waals surface area contributed by atoms with Crippen LogP contribution in [0.3, 0.4) is 0 Å². The van der Waals surface area contributed by atoms with Gasteiger partial charge in [0.15, 0.2) is 5.16 Å². The maximum Gasteiger partial charge on any atom is 0.172 e. The number of benzene rings is 2. The molecule has 0 bridgehead atoms. The summed E-state index contributed by atoms with van der Waals surface area (Å²) in [6.07, 6.45) is 3.44. The molecule has 4 aromatic rings. The molecule has 0 aliphatic rings. The van der Waals surface area contributed by atoms with Crippen molar-refractivity contribution in [2.24, 2.45) is 0 Å². The first-order valence-electron chi connectivity index (χ1n) is 6.88. The standard InChI is InChI=1S/C17H12N4S/c1-2-6-12(7-3-1)15-10-18-17(21-15)22-16-13-8-4-5-9-14(13)19-11-20-16/h1-11H,(H,18,21). The van der Waals surface area contributed by atoms with Crippen LogP contribution in [0.15, 0.2) is 77.3 Å². The van der Waals surface area contributed by atoms with Crippen LogP contribution in [-0.4, -0.2) is 19.9 Å². The van der Waals surface area contributed by atoms with E-state index < -0.39 is 0 Å². The van der Waals surface area contributed by atoms with Gasteiger partial charge < -0.3 is 4.98 Å². The van der Waals surface area contributed by atoms with E-state index in [0.29, 0.717) is 0 Å². The Balaban J connectivity index is 1.68. The fourth-order valence-electron chi connectivity index (χ4n) is 2.27. The molecule has 0 saturated carbocycles. The summed E-state index contributed by atoms with van der Waals surface area (Å²) in [6.45, 7) is 0. The van der Waals surface area contributed by atoms with Crippen LogP contribution in [0.4, 0.5) is 0 Å². The van der Waals surface area contributed by atoms with Gasteiger partial charge in [-0.15, -0.1) is 0 Å². The second-order valence-electron chi connectivity index (χ2n) is 4.77. The zero-order chi connectivity index (χ0) is 14.8. The fraction of sp³-hybridized carbons (Fsp3) is 0. The Morgan fingerprint density at radius 3 is 2.55 bits per heavy atom. The molecule has 5 heteroatoms. The van der Waals surface area contributed by atoms with Gasteiger partial charge in [0, 0.05) is 5.39 Å². The van der Waals surface area contributed by atoms with Gasteiger partial charge in [-0.3, -0.25) is 0 Å². The Morgan fingerprint density at radius 1 is 0.818 bits per heavy atom. The summed E-state index contributed by atoms with van der Waals surface area (Å²) < 4.78 is 0. The van der Waals surface area contributed by atoms with Crippen LogP contribution in [0, 0.1) is 0 Å². The minimum atomic E-state index is 0.822. The second kappa shape index (κ2) is 5.61. The molecule has 0 radical (unpaired) electrons. The van der Waals surface area contributed by atoms with E-state index in [4.69, 9.17) is 0 Å². The number of aromatic amines is 1. The first kappa shape index (κ1) is 13.0. The van der Waals surface area contributed by atoms with Crippen LogP contribution in [-0.2, 0) is 0 Å². The summed E-state index contributed by atoms with van der Waals surface area (Å²) in [7, 11) is 0. The predicted octanol–water partition coefficient (Wildman–Crippen LogP) is 4.17. The summed E-state index contributed by atoms with van der Waals surface area (Å²) >= 11 is 1.51. The third kappa shape index (κ3) is 2.46. The molecule has 0 aliphatic heterocycles. The molecule has 2 aromatic heterocycles. The van der Waals surface area contributed by atoms with E-state index >= 15 is 0 Å². The fourth-order valence-corrected chi connectivity index (χ4v) is 3.10. The predicted molar refractivity (Wildman–Crippen MR) is 87.7 cm³/mol. The molecule has 0 unspecified atom stereocenters. The maximum absolute atomic E-state index is 4.44. The lowest BCUT2D eigenvalue weighted by molar-refractivity contribution is 1.04. The van der Waals surface area contributed by atoms with E-state index in [1.807, 2.05) is 48.7 Å². The van der Waals surface area contributed by atoms with Crippen LogP contribution in [0.1, 0.15) is 0 Å². The van der Waals surface area contributed by atoms with Crippen molar-refractivity contribution in [1.82, 2.24) is 19.9 Å². The van der Waals surface area contributed by atoms with Gasteiger partial charge in [0.25, 0.3) is 0 Å². The average molecular weight is 304 g/mol. The minimum absolute atomic E-state index is 0.822. The smallest absolute Gasteiger partial charge is 0.172 e. The Hall–Kier alpha value is -2.66. The Labute approximate surface area is 131 Å². The van der Waals surface area contributed by atoms with Crippen molar-refractivity contribution in [2.75, 3.05) is 0 Å². The molecule has 22 heavy (non-hydrogen) atoms. The lowest BCUT2D eigenvalue weighted by Crippen LogP contribution is -1.87. The van der Waals surface area contributed by atoms with Crippen molar-refractivity contribution in [3.05, 3.63) is 67.1 Å². The Kier molecular flexibility index (Phi) is 3.33. The highest BCUT2D eigenvalue weighted by molar-refractivity contribution is 7.99. The number of imidazole rings is 1. The minimum Gasteiger partial charge on any atom is -0.333 e. The summed E-state index contributed by atoms with van der Waals surface area (Å²) in [6, 6.07) is 18.1. The molecule has 0 aliphatic carbocycles. The lowest BCUT2D eigenvalue weighted by atomic mass is 10.2. The third-order valence-electron chi connectivity index (χ3n) is 3.34. The van der Waals surface area contributed by atoms with Crippen LogP contribution >= 0.6 is 11.8 Å². The van der Waals surface area contributed by atoms with Crippen molar-refractivity contribution in [3.63, 3.8) is 0 Å². The molecular formula is C17H12N4S. The van der Waals surface area contributed by atoms with Crippen molar-refractivity contribution < 1.29 is 0 Å². The van der Waals surface area contributed by atoms with Gasteiger partial charge in [0.05, 0.1) is 17.4 Å². The normalized spacial score (nSPS) is 10.9. The third-order valence-corrected chi connectivity index (χ3v) is 4.26. The topological polar surface area (TPSA) is 54.5 Å². The van der Waals surface area contributed by atoms with E-state index in [0.717, 1.165) is 32.3 Å². The number of rotatable bonds is 3. The van der Waals surface area contributed by atoms with E-state index in [1.54, 1.807) is 6.33 Å². The quantitative estimate of drug-likeness (QED) is 0.577. The Morgan fingerprint density at radius 2 is 1.64 bits per heavy atom. The number of para-hydroxylation sites is 1. The molecule has 0 amide bonds. The van der Waals surface area contributed by atoms with Gasteiger partial charge >= 0.3 is 0 Å². The van der Waals surface area contributed by atoms with E-state index in [-0.39, 0.29) is 0 Å². The lowest BCUT2D eigenvalue weighted by Gasteiger charge is -2.02. The molecular weight excluding hydrogens is 292 g/mol. The van der Waals surface area contributed by atoms with Gasteiger partial charge in [-0.05, 0) is 23.4 Å². The Bertz CT molecular complexity index is 913. The molecule has 2 aromatic carbocycles. The number of hydrogen-bond acceptors (Lipinski definition) is 4. The molecule has 1 N–H and O–H groups in total. The molecule has 4 rings (SSSR count). The van der Waals surface area contributed by atoms with Gasteiger partial charge in [-0.1, -0.05) is 48.5 Å². The van der Waals surface area contributed by atoms with Gasteiger partial charge in [-0.2, -0.15) is 0 Å². The summed E-state index contributed by atoms with van der Waals surface area (Å²) in [5.74, 6) is 0. The zero-order valence-electron chi connectivity index (χ0n) is 11.6. The van der Waals surface area contributed by atoms with Gasteiger partial charge in [-0.25, -0.2) is 15.0 Å². The summed E-state index contributed by atoms with van der Waals surface area (Å²) in [5, 5.41) is 2.76. The van der Waals surface area contributed by atoms with Crippen LogP contribution < -0.4 is 0 Å². The zero-order valence-corrected chi connectivity index (χ0v) is 12.4.